The lowest BCUT2D eigenvalue weighted by molar-refractivity contribution is -0.148. The SMILES string of the molecule is Cc1ccc(S(=O)(=O)N2CCC[C@H]2C(=O)OCc2ccc(C(=O)Nc3ccccc3)cc2)cc1. The Labute approximate surface area is 199 Å². The molecule has 1 amide bonds. The van der Waals surface area contributed by atoms with Crippen LogP contribution < -0.4 is 5.32 Å². The molecule has 7 nitrogen and oxygen atoms in total. The average Bonchev–Trinajstić information content (AvgIpc) is 3.35. The molecule has 1 saturated heterocycles. The van der Waals surface area contributed by atoms with Crippen molar-refractivity contribution in [2.75, 3.05) is 11.9 Å². The van der Waals surface area contributed by atoms with Crippen molar-refractivity contribution in [3.05, 3.63) is 95.6 Å². The smallest absolute Gasteiger partial charge is 0.324 e. The van der Waals surface area contributed by atoms with Crippen molar-refractivity contribution in [3.8, 4) is 0 Å². The predicted octanol–water partition coefficient (Wildman–Crippen LogP) is 4.14. The first-order valence-electron chi connectivity index (χ1n) is 11.0. The number of benzene rings is 3. The average molecular weight is 479 g/mol. The van der Waals surface area contributed by atoms with Gasteiger partial charge in [0.05, 0.1) is 4.90 Å². The fraction of sp³-hybridized carbons (Fsp3) is 0.231. The van der Waals surface area contributed by atoms with Crippen LogP contribution in [0.3, 0.4) is 0 Å². The van der Waals surface area contributed by atoms with E-state index in [0.717, 1.165) is 5.56 Å². The number of ether oxygens (including phenoxy) is 1. The van der Waals surface area contributed by atoms with E-state index in [-0.39, 0.29) is 24.0 Å². The highest BCUT2D eigenvalue weighted by Crippen LogP contribution is 2.27. The fourth-order valence-electron chi connectivity index (χ4n) is 3.84. The largest absolute Gasteiger partial charge is 0.460 e. The number of anilines is 1. The molecule has 1 heterocycles. The first kappa shape index (κ1) is 23.7. The Hall–Kier alpha value is -3.49. The molecule has 1 aliphatic heterocycles. The maximum atomic E-state index is 13.0. The summed E-state index contributed by atoms with van der Waals surface area (Å²) in [6, 6.07) is 21.6. The molecule has 3 aromatic carbocycles. The Morgan fingerprint density at radius 2 is 1.65 bits per heavy atom. The second kappa shape index (κ2) is 10.2. The molecule has 0 aromatic heterocycles. The number of hydrogen-bond donors (Lipinski definition) is 1. The molecule has 8 heteroatoms. The fourth-order valence-corrected chi connectivity index (χ4v) is 5.48. The summed E-state index contributed by atoms with van der Waals surface area (Å²) in [4.78, 5) is 25.3. The zero-order valence-electron chi connectivity index (χ0n) is 18.8. The van der Waals surface area contributed by atoms with E-state index in [1.54, 1.807) is 60.7 Å². The summed E-state index contributed by atoms with van der Waals surface area (Å²) in [5, 5.41) is 2.81. The van der Waals surface area contributed by atoms with Crippen LogP contribution in [0.2, 0.25) is 0 Å². The van der Waals surface area contributed by atoms with Crippen LogP contribution in [0.4, 0.5) is 5.69 Å². The number of amides is 1. The van der Waals surface area contributed by atoms with E-state index in [1.807, 2.05) is 25.1 Å². The van der Waals surface area contributed by atoms with Gasteiger partial charge in [-0.25, -0.2) is 8.42 Å². The van der Waals surface area contributed by atoms with E-state index >= 15 is 0 Å². The topological polar surface area (TPSA) is 92.8 Å². The Balaban J connectivity index is 1.36. The normalized spacial score (nSPS) is 16.2. The maximum absolute atomic E-state index is 13.0. The number of rotatable bonds is 7. The summed E-state index contributed by atoms with van der Waals surface area (Å²) < 4.78 is 32.8. The van der Waals surface area contributed by atoms with Crippen LogP contribution >= 0.6 is 0 Å². The van der Waals surface area contributed by atoms with Crippen molar-refractivity contribution < 1.29 is 22.7 Å². The van der Waals surface area contributed by atoms with Crippen molar-refractivity contribution >= 4 is 27.6 Å². The molecule has 34 heavy (non-hydrogen) atoms. The van der Waals surface area contributed by atoms with Crippen molar-refractivity contribution in [1.82, 2.24) is 4.31 Å². The van der Waals surface area contributed by atoms with Crippen LogP contribution in [-0.4, -0.2) is 37.2 Å². The number of nitrogens with zero attached hydrogens (tertiary/aromatic N) is 1. The molecule has 1 fully saturated rings. The Morgan fingerprint density at radius 3 is 2.32 bits per heavy atom. The lowest BCUT2D eigenvalue weighted by Gasteiger charge is -2.23. The Kier molecular flexibility index (Phi) is 7.09. The third-order valence-electron chi connectivity index (χ3n) is 5.73. The van der Waals surface area contributed by atoms with Crippen LogP contribution in [-0.2, 0) is 26.2 Å². The number of nitrogens with one attached hydrogen (secondary N) is 1. The van der Waals surface area contributed by atoms with E-state index in [0.29, 0.717) is 29.7 Å². The van der Waals surface area contributed by atoms with Gasteiger partial charge in [-0.05, 0) is 61.7 Å². The molecule has 3 aromatic rings. The third-order valence-corrected chi connectivity index (χ3v) is 7.65. The minimum absolute atomic E-state index is 0.00562. The number of sulfonamides is 1. The van der Waals surface area contributed by atoms with Gasteiger partial charge in [0.1, 0.15) is 12.6 Å². The van der Waals surface area contributed by atoms with Gasteiger partial charge in [-0.15, -0.1) is 0 Å². The highest BCUT2D eigenvalue weighted by atomic mass is 32.2. The minimum atomic E-state index is -3.79. The van der Waals surface area contributed by atoms with Gasteiger partial charge in [0.15, 0.2) is 0 Å². The van der Waals surface area contributed by atoms with Crippen LogP contribution in [0.5, 0.6) is 0 Å². The lowest BCUT2D eigenvalue weighted by atomic mass is 10.1. The summed E-state index contributed by atoms with van der Waals surface area (Å²) in [5.74, 6) is -0.809. The summed E-state index contributed by atoms with van der Waals surface area (Å²) >= 11 is 0. The summed E-state index contributed by atoms with van der Waals surface area (Å²) in [7, 11) is -3.79. The van der Waals surface area contributed by atoms with Gasteiger partial charge in [-0.2, -0.15) is 4.31 Å². The summed E-state index contributed by atoms with van der Waals surface area (Å²) in [6.07, 6.45) is 1.01. The van der Waals surface area contributed by atoms with Crippen molar-refractivity contribution in [2.24, 2.45) is 0 Å². The minimum Gasteiger partial charge on any atom is -0.460 e. The molecule has 0 spiro atoms. The highest BCUT2D eigenvalue weighted by molar-refractivity contribution is 7.89. The van der Waals surface area contributed by atoms with Crippen molar-refractivity contribution in [2.45, 2.75) is 37.3 Å². The van der Waals surface area contributed by atoms with Gasteiger partial charge in [0, 0.05) is 17.8 Å². The maximum Gasteiger partial charge on any atom is 0.324 e. The molecule has 4 rings (SSSR count). The van der Waals surface area contributed by atoms with Crippen molar-refractivity contribution in [1.29, 1.82) is 0 Å². The van der Waals surface area contributed by atoms with Gasteiger partial charge >= 0.3 is 5.97 Å². The van der Waals surface area contributed by atoms with E-state index in [1.165, 1.54) is 4.31 Å². The third kappa shape index (κ3) is 5.35. The second-order valence-corrected chi connectivity index (χ2v) is 10.1. The lowest BCUT2D eigenvalue weighted by Crippen LogP contribution is -2.41. The zero-order chi connectivity index (χ0) is 24.1. The number of hydrogen-bond acceptors (Lipinski definition) is 5. The molecule has 0 aliphatic carbocycles. The molecule has 1 aliphatic rings. The van der Waals surface area contributed by atoms with Gasteiger partial charge in [-0.3, -0.25) is 9.59 Å². The second-order valence-electron chi connectivity index (χ2n) is 8.21. The van der Waals surface area contributed by atoms with Crippen LogP contribution in [0.25, 0.3) is 0 Å². The first-order chi connectivity index (χ1) is 16.3. The first-order valence-corrected chi connectivity index (χ1v) is 12.5. The van der Waals surface area contributed by atoms with Crippen LogP contribution in [0.1, 0.15) is 34.3 Å². The van der Waals surface area contributed by atoms with Crippen LogP contribution in [0, 0.1) is 6.92 Å². The van der Waals surface area contributed by atoms with Crippen molar-refractivity contribution in [3.63, 3.8) is 0 Å². The molecule has 1 N–H and O–H groups in total. The molecule has 0 bridgehead atoms. The number of carbonyl (C=O) groups is 2. The number of esters is 1. The number of para-hydroxylation sites is 1. The number of carbonyl (C=O) groups excluding carboxylic acids is 2. The summed E-state index contributed by atoms with van der Waals surface area (Å²) in [6.45, 7) is 2.16. The highest BCUT2D eigenvalue weighted by Gasteiger charge is 2.40. The quantitative estimate of drug-likeness (QED) is 0.515. The van der Waals surface area contributed by atoms with E-state index in [9.17, 15) is 18.0 Å². The van der Waals surface area contributed by atoms with E-state index < -0.39 is 22.0 Å². The molecular formula is C26H26N2O5S. The monoisotopic (exact) mass is 478 g/mol. The van der Waals surface area contributed by atoms with Gasteiger partial charge < -0.3 is 10.1 Å². The zero-order valence-corrected chi connectivity index (χ0v) is 19.6. The van der Waals surface area contributed by atoms with Gasteiger partial charge in [0.25, 0.3) is 5.91 Å². The molecule has 0 unspecified atom stereocenters. The Morgan fingerprint density at radius 1 is 0.971 bits per heavy atom. The van der Waals surface area contributed by atoms with Gasteiger partial charge in [0.2, 0.25) is 10.0 Å². The molecule has 176 valence electrons. The molecule has 0 saturated carbocycles. The van der Waals surface area contributed by atoms with Gasteiger partial charge in [-0.1, -0.05) is 48.0 Å². The molecular weight excluding hydrogens is 452 g/mol. The van der Waals surface area contributed by atoms with Crippen LogP contribution in [0.15, 0.2) is 83.8 Å². The predicted molar refractivity (Wildman–Crippen MR) is 129 cm³/mol. The summed E-state index contributed by atoms with van der Waals surface area (Å²) in [5.41, 5.74) is 2.84. The Bertz CT molecular complexity index is 1260. The number of aryl methyl sites for hydroxylation is 1. The standard InChI is InChI=1S/C26H26N2O5S/c1-19-9-15-23(16-10-19)34(31,32)28-17-5-8-24(28)26(30)33-18-20-11-13-21(14-12-20)25(29)27-22-6-3-2-4-7-22/h2-4,6-7,9-16,24H,5,8,17-18H2,1H3,(H,27,29)/t24-/m0/s1. The molecule has 0 radical (unpaired) electrons. The van der Waals surface area contributed by atoms with E-state index in [2.05, 4.69) is 5.32 Å². The van der Waals surface area contributed by atoms with E-state index in [4.69, 9.17) is 4.74 Å². The molecule has 1 atom stereocenters.